The average Bonchev–Trinajstić information content (AvgIpc) is 2.97. The third-order valence-corrected chi connectivity index (χ3v) is 3.84. The molecule has 0 unspecified atom stereocenters. The molecule has 3 rings (SSSR count). The molecule has 1 aromatic heterocycles. The van der Waals surface area contributed by atoms with E-state index in [4.69, 9.17) is 10.5 Å². The molecule has 1 fully saturated rings. The molecule has 2 heterocycles. The van der Waals surface area contributed by atoms with Gasteiger partial charge < -0.3 is 10.5 Å². The highest BCUT2D eigenvalue weighted by Crippen LogP contribution is 2.24. The maximum absolute atomic E-state index is 11.5. The molecule has 1 aliphatic rings. The summed E-state index contributed by atoms with van der Waals surface area (Å²) in [5.41, 5.74) is 6.56. The molecule has 1 saturated heterocycles. The Morgan fingerprint density at radius 1 is 1.32 bits per heavy atom. The Bertz CT molecular complexity index is 645. The number of amides is 1. The number of carbonyl (C=O) groups excluding carboxylic acids is 1. The lowest BCUT2D eigenvalue weighted by atomic mass is 10.1. The van der Waals surface area contributed by atoms with Gasteiger partial charge in [0, 0.05) is 18.8 Å². The van der Waals surface area contributed by atoms with Gasteiger partial charge in [0.15, 0.2) is 0 Å². The van der Waals surface area contributed by atoms with Crippen molar-refractivity contribution in [3.05, 3.63) is 54.2 Å². The minimum absolute atomic E-state index is 0.152. The molecule has 114 valence electrons. The van der Waals surface area contributed by atoms with Gasteiger partial charge in [0.05, 0.1) is 6.04 Å². The summed E-state index contributed by atoms with van der Waals surface area (Å²) in [7, 11) is 0. The summed E-state index contributed by atoms with van der Waals surface area (Å²) in [6.45, 7) is 1.60. The second kappa shape index (κ2) is 6.58. The van der Waals surface area contributed by atoms with Gasteiger partial charge in [-0.2, -0.15) is 0 Å². The van der Waals surface area contributed by atoms with Gasteiger partial charge >= 0.3 is 0 Å². The largest absolute Gasteiger partial charge is 0.439 e. The molecule has 0 spiro atoms. The smallest absolute Gasteiger partial charge is 0.234 e. The van der Waals surface area contributed by atoms with Gasteiger partial charge in [0.1, 0.15) is 5.75 Å². The predicted molar refractivity (Wildman–Crippen MR) is 83.4 cm³/mol. The van der Waals surface area contributed by atoms with Crippen molar-refractivity contribution in [3.8, 4) is 11.6 Å². The van der Waals surface area contributed by atoms with E-state index in [9.17, 15) is 4.79 Å². The fourth-order valence-corrected chi connectivity index (χ4v) is 2.81. The van der Waals surface area contributed by atoms with Crippen LogP contribution in [0.3, 0.4) is 0 Å². The Balaban J connectivity index is 1.70. The maximum atomic E-state index is 11.5. The monoisotopic (exact) mass is 297 g/mol. The van der Waals surface area contributed by atoms with Crippen molar-refractivity contribution in [2.75, 3.05) is 6.54 Å². The second-order valence-electron chi connectivity index (χ2n) is 5.45. The van der Waals surface area contributed by atoms with Crippen molar-refractivity contribution in [1.82, 2.24) is 9.88 Å². The first-order chi connectivity index (χ1) is 10.7. The molecule has 2 aromatic rings. The van der Waals surface area contributed by atoms with Crippen LogP contribution in [0.5, 0.6) is 11.6 Å². The van der Waals surface area contributed by atoms with Crippen molar-refractivity contribution in [1.29, 1.82) is 0 Å². The first kappa shape index (κ1) is 14.5. The summed E-state index contributed by atoms with van der Waals surface area (Å²) < 4.78 is 5.74. The van der Waals surface area contributed by atoms with Crippen LogP contribution in [0.2, 0.25) is 0 Å². The molecule has 0 radical (unpaired) electrons. The fraction of sp³-hybridized carbons (Fsp3) is 0.294. The quantitative estimate of drug-likeness (QED) is 0.919. The molecule has 2 N–H and O–H groups in total. The number of hydrogen-bond acceptors (Lipinski definition) is 4. The van der Waals surface area contributed by atoms with E-state index in [1.54, 1.807) is 6.20 Å². The number of ether oxygens (including phenoxy) is 1. The van der Waals surface area contributed by atoms with Crippen molar-refractivity contribution in [3.63, 3.8) is 0 Å². The van der Waals surface area contributed by atoms with E-state index in [0.717, 1.165) is 30.7 Å². The van der Waals surface area contributed by atoms with E-state index in [1.807, 2.05) is 42.5 Å². The van der Waals surface area contributed by atoms with Crippen LogP contribution < -0.4 is 10.5 Å². The Morgan fingerprint density at radius 3 is 3.00 bits per heavy atom. The number of rotatable bonds is 5. The SMILES string of the molecule is NC(=O)[C@H]1CCCN1Cc1cccc(Oc2ccccn2)c1. The molecule has 1 amide bonds. The molecule has 22 heavy (non-hydrogen) atoms. The highest BCUT2D eigenvalue weighted by atomic mass is 16.5. The van der Waals surface area contributed by atoms with Gasteiger partial charge in [-0.05, 0) is 43.1 Å². The van der Waals surface area contributed by atoms with Crippen LogP contribution in [0.1, 0.15) is 18.4 Å². The Morgan fingerprint density at radius 2 is 2.23 bits per heavy atom. The van der Waals surface area contributed by atoms with Crippen LogP contribution in [0.15, 0.2) is 48.7 Å². The highest BCUT2D eigenvalue weighted by molar-refractivity contribution is 5.80. The Labute approximate surface area is 129 Å². The maximum Gasteiger partial charge on any atom is 0.234 e. The van der Waals surface area contributed by atoms with Crippen LogP contribution in [0.4, 0.5) is 0 Å². The standard InChI is InChI=1S/C17H19N3O2/c18-17(21)15-7-4-10-20(15)12-13-5-3-6-14(11-13)22-16-8-1-2-9-19-16/h1-3,5-6,8-9,11,15H,4,7,10,12H2,(H2,18,21)/t15-/m1/s1. The van der Waals surface area contributed by atoms with E-state index in [-0.39, 0.29) is 11.9 Å². The molecule has 5 heteroatoms. The summed E-state index contributed by atoms with van der Waals surface area (Å²) in [5, 5.41) is 0. The molecule has 0 bridgehead atoms. The van der Waals surface area contributed by atoms with E-state index in [0.29, 0.717) is 12.4 Å². The molecule has 5 nitrogen and oxygen atoms in total. The summed E-state index contributed by atoms with van der Waals surface area (Å²) in [4.78, 5) is 17.7. The predicted octanol–water partition coefficient (Wildman–Crippen LogP) is 2.32. The third-order valence-electron chi connectivity index (χ3n) is 3.84. The molecular formula is C17H19N3O2. The number of pyridine rings is 1. The summed E-state index contributed by atoms with van der Waals surface area (Å²) in [6, 6.07) is 13.2. The fourth-order valence-electron chi connectivity index (χ4n) is 2.81. The number of nitrogens with two attached hydrogens (primary N) is 1. The van der Waals surface area contributed by atoms with Crippen LogP contribution >= 0.6 is 0 Å². The zero-order valence-electron chi connectivity index (χ0n) is 12.3. The van der Waals surface area contributed by atoms with E-state index in [1.165, 1.54) is 0 Å². The zero-order chi connectivity index (χ0) is 15.4. The Kier molecular flexibility index (Phi) is 4.34. The van der Waals surface area contributed by atoms with E-state index in [2.05, 4.69) is 9.88 Å². The van der Waals surface area contributed by atoms with Crippen LogP contribution in [0.25, 0.3) is 0 Å². The first-order valence-corrected chi connectivity index (χ1v) is 7.43. The topological polar surface area (TPSA) is 68.5 Å². The number of benzene rings is 1. The molecule has 0 saturated carbocycles. The number of primary amides is 1. The van der Waals surface area contributed by atoms with Crippen molar-refractivity contribution < 1.29 is 9.53 Å². The number of aromatic nitrogens is 1. The number of likely N-dealkylation sites (tertiary alicyclic amines) is 1. The Hall–Kier alpha value is -2.40. The third kappa shape index (κ3) is 3.43. The van der Waals surface area contributed by atoms with Gasteiger partial charge in [-0.25, -0.2) is 4.98 Å². The first-order valence-electron chi connectivity index (χ1n) is 7.43. The minimum Gasteiger partial charge on any atom is -0.439 e. The van der Waals surface area contributed by atoms with Crippen molar-refractivity contribution in [2.24, 2.45) is 5.73 Å². The lowest BCUT2D eigenvalue weighted by molar-refractivity contribution is -0.122. The van der Waals surface area contributed by atoms with Crippen LogP contribution in [-0.4, -0.2) is 28.4 Å². The van der Waals surface area contributed by atoms with Crippen LogP contribution in [0, 0.1) is 0 Å². The van der Waals surface area contributed by atoms with E-state index >= 15 is 0 Å². The minimum atomic E-state index is -0.238. The highest BCUT2D eigenvalue weighted by Gasteiger charge is 2.28. The summed E-state index contributed by atoms with van der Waals surface area (Å²) in [5.74, 6) is 1.07. The van der Waals surface area contributed by atoms with Gasteiger partial charge in [-0.1, -0.05) is 18.2 Å². The van der Waals surface area contributed by atoms with E-state index < -0.39 is 0 Å². The number of hydrogen-bond donors (Lipinski definition) is 1. The average molecular weight is 297 g/mol. The normalized spacial score (nSPS) is 18.3. The van der Waals surface area contributed by atoms with Gasteiger partial charge in [0.2, 0.25) is 11.8 Å². The molecule has 1 aromatic carbocycles. The van der Waals surface area contributed by atoms with Gasteiger partial charge in [-0.3, -0.25) is 9.69 Å². The molecule has 1 aliphatic heterocycles. The molecule has 1 atom stereocenters. The summed E-state index contributed by atoms with van der Waals surface area (Å²) in [6.07, 6.45) is 3.55. The van der Waals surface area contributed by atoms with Gasteiger partial charge in [-0.15, -0.1) is 0 Å². The van der Waals surface area contributed by atoms with Crippen LogP contribution in [-0.2, 0) is 11.3 Å². The lowest BCUT2D eigenvalue weighted by Gasteiger charge is -2.21. The zero-order valence-corrected chi connectivity index (χ0v) is 12.3. The second-order valence-corrected chi connectivity index (χ2v) is 5.45. The van der Waals surface area contributed by atoms with Crippen molar-refractivity contribution >= 4 is 5.91 Å². The molecule has 0 aliphatic carbocycles. The molecular weight excluding hydrogens is 278 g/mol. The number of nitrogens with zero attached hydrogens (tertiary/aromatic N) is 2. The lowest BCUT2D eigenvalue weighted by Crippen LogP contribution is -2.39. The van der Waals surface area contributed by atoms with Crippen molar-refractivity contribution in [2.45, 2.75) is 25.4 Å². The summed E-state index contributed by atoms with van der Waals surface area (Å²) >= 11 is 0. The van der Waals surface area contributed by atoms with Gasteiger partial charge in [0.25, 0.3) is 0 Å². The number of carbonyl (C=O) groups is 1.